The molecule has 0 spiro atoms. The lowest BCUT2D eigenvalue weighted by Crippen LogP contribution is -3.16. The highest BCUT2D eigenvalue weighted by atomic mass is 32.2. The van der Waals surface area contributed by atoms with E-state index in [-0.39, 0.29) is 30.6 Å². The zero-order valence-electron chi connectivity index (χ0n) is 13.6. The zero-order valence-corrected chi connectivity index (χ0v) is 14.4. The van der Waals surface area contributed by atoms with Crippen LogP contribution in [-0.4, -0.2) is 85.2 Å². The van der Waals surface area contributed by atoms with E-state index >= 15 is 0 Å². The lowest BCUT2D eigenvalue weighted by atomic mass is 10.2. The van der Waals surface area contributed by atoms with Gasteiger partial charge in [0.1, 0.15) is 12.6 Å². The van der Waals surface area contributed by atoms with E-state index in [1.54, 1.807) is 23.1 Å². The molecule has 0 unspecified atom stereocenters. The molecule has 0 saturated carbocycles. The van der Waals surface area contributed by atoms with Crippen LogP contribution in [-0.2, 0) is 14.9 Å². The number of ether oxygens (including phenoxy) is 1. The molecule has 1 heterocycles. The van der Waals surface area contributed by atoms with Gasteiger partial charge in [0, 0.05) is 0 Å². The molecule has 1 atom stereocenters. The minimum atomic E-state index is -4.45. The van der Waals surface area contributed by atoms with Crippen molar-refractivity contribution in [3.8, 4) is 11.5 Å². The average Bonchev–Trinajstić information content (AvgIpc) is 2.52. The van der Waals surface area contributed by atoms with E-state index in [0.717, 1.165) is 4.90 Å². The summed E-state index contributed by atoms with van der Waals surface area (Å²) in [5.74, 6) is -0.813. The quantitative estimate of drug-likeness (QED) is 0.446. The number of phenols is 1. The van der Waals surface area contributed by atoms with Gasteiger partial charge in [0.2, 0.25) is 0 Å². The Bertz CT molecular complexity index is 687. The number of aromatic hydroxyl groups is 1. The second kappa shape index (κ2) is 8.48. The first-order valence-electron chi connectivity index (χ1n) is 7.88. The number of nitrogens with one attached hydrogen (secondary N) is 1. The summed E-state index contributed by atoms with van der Waals surface area (Å²) in [5.41, 5.74) is 0. The van der Waals surface area contributed by atoms with Gasteiger partial charge >= 0.3 is 0 Å². The first kappa shape index (κ1) is 19.4. The van der Waals surface area contributed by atoms with Gasteiger partial charge in [0.15, 0.2) is 18.1 Å². The summed E-state index contributed by atoms with van der Waals surface area (Å²) in [4.78, 5) is 14.7. The number of quaternary nitrogens is 1. The molecule has 1 aliphatic heterocycles. The molecule has 25 heavy (non-hydrogen) atoms. The normalized spacial score (nSPS) is 17.3. The number of amides is 1. The van der Waals surface area contributed by atoms with Crippen molar-refractivity contribution in [1.29, 1.82) is 0 Å². The van der Waals surface area contributed by atoms with Gasteiger partial charge in [0.05, 0.1) is 42.1 Å². The van der Waals surface area contributed by atoms with Crippen molar-refractivity contribution in [1.82, 2.24) is 4.90 Å². The van der Waals surface area contributed by atoms with E-state index in [0.29, 0.717) is 26.2 Å². The van der Waals surface area contributed by atoms with Crippen molar-refractivity contribution in [2.75, 3.05) is 45.1 Å². The fourth-order valence-electron chi connectivity index (χ4n) is 2.71. The van der Waals surface area contributed by atoms with Gasteiger partial charge in [-0.05, 0) is 12.1 Å². The summed E-state index contributed by atoms with van der Waals surface area (Å²) in [6, 6.07) is 6.37. The molecule has 0 aliphatic carbocycles. The molecular formula is C15H22N2O7S. The molecular weight excluding hydrogens is 352 g/mol. The summed E-state index contributed by atoms with van der Waals surface area (Å²) in [6.07, 6.45) is -1.20. The minimum absolute atomic E-state index is 0.0353. The fourth-order valence-corrected chi connectivity index (χ4v) is 3.30. The van der Waals surface area contributed by atoms with Crippen molar-refractivity contribution in [2.24, 2.45) is 0 Å². The molecule has 1 aromatic rings. The summed E-state index contributed by atoms with van der Waals surface area (Å²) >= 11 is 0. The molecule has 0 bridgehead atoms. The van der Waals surface area contributed by atoms with E-state index < -0.39 is 22.0 Å². The highest BCUT2D eigenvalue weighted by Gasteiger charge is 2.26. The van der Waals surface area contributed by atoms with Crippen molar-refractivity contribution in [2.45, 2.75) is 6.10 Å². The predicted molar refractivity (Wildman–Crippen MR) is 86.3 cm³/mol. The number of aliphatic hydroxyl groups is 1. The van der Waals surface area contributed by atoms with Crippen LogP contribution in [0.15, 0.2) is 24.3 Å². The third kappa shape index (κ3) is 6.50. The summed E-state index contributed by atoms with van der Waals surface area (Å²) in [7, 11) is -4.45. The van der Waals surface area contributed by atoms with Crippen molar-refractivity contribution < 1.29 is 37.6 Å². The highest BCUT2D eigenvalue weighted by molar-refractivity contribution is 7.85. The molecule has 1 saturated heterocycles. The Morgan fingerprint density at radius 1 is 1.32 bits per heavy atom. The maximum atomic E-state index is 12.1. The standard InChI is InChI=1S/C15H22N2O7S/c18-12(11-25(21,22)23)9-16-5-7-17(8-6-16)15(20)10-24-14-4-2-1-3-13(14)19/h1-4,12,18-19H,5-11H2,(H,21,22,23)/t12-/m0/s1. The molecule has 1 aliphatic rings. The van der Waals surface area contributed by atoms with Crippen LogP contribution in [0, 0.1) is 0 Å². The van der Waals surface area contributed by atoms with Gasteiger partial charge in [0.25, 0.3) is 5.91 Å². The van der Waals surface area contributed by atoms with Gasteiger partial charge in [-0.15, -0.1) is 0 Å². The maximum Gasteiger partial charge on any atom is 0.260 e. The number of carbonyl (C=O) groups excluding carboxylic acids is 1. The third-order valence-corrected chi connectivity index (χ3v) is 4.75. The van der Waals surface area contributed by atoms with Crippen LogP contribution in [0.1, 0.15) is 0 Å². The van der Waals surface area contributed by atoms with E-state index in [9.17, 15) is 28.0 Å². The average molecular weight is 374 g/mol. The third-order valence-electron chi connectivity index (χ3n) is 3.96. The van der Waals surface area contributed by atoms with E-state index in [2.05, 4.69) is 0 Å². The predicted octanol–water partition coefficient (Wildman–Crippen LogP) is -2.60. The summed E-state index contributed by atoms with van der Waals surface area (Å²) in [5, 5.41) is 19.2. The van der Waals surface area contributed by atoms with Crippen LogP contribution in [0.2, 0.25) is 0 Å². The van der Waals surface area contributed by atoms with Gasteiger partial charge in [-0.1, -0.05) is 12.1 Å². The fraction of sp³-hybridized carbons (Fsp3) is 0.533. The van der Waals surface area contributed by atoms with Crippen LogP contribution in [0.4, 0.5) is 0 Å². The lowest BCUT2D eigenvalue weighted by Gasteiger charge is -2.33. The molecule has 1 amide bonds. The SMILES string of the molecule is O=C(COc1ccccc1O)N1CC[NH+](C[C@H](O)CS(=O)(=O)[O-])CC1. The van der Waals surface area contributed by atoms with Crippen molar-refractivity contribution >= 4 is 16.0 Å². The smallest absolute Gasteiger partial charge is 0.260 e. The van der Waals surface area contributed by atoms with Crippen LogP contribution >= 0.6 is 0 Å². The number of carbonyl (C=O) groups is 1. The number of rotatable bonds is 7. The Hall–Kier alpha value is -1.88. The number of piperazine rings is 1. The van der Waals surface area contributed by atoms with E-state index in [1.165, 1.54) is 6.07 Å². The topological polar surface area (TPSA) is 132 Å². The molecule has 9 nitrogen and oxygen atoms in total. The number of hydrogen-bond donors (Lipinski definition) is 3. The van der Waals surface area contributed by atoms with Crippen molar-refractivity contribution in [3.05, 3.63) is 24.3 Å². The van der Waals surface area contributed by atoms with Crippen molar-refractivity contribution in [3.63, 3.8) is 0 Å². The van der Waals surface area contributed by atoms with Crippen LogP contribution in [0.25, 0.3) is 0 Å². The second-order valence-electron chi connectivity index (χ2n) is 5.97. The molecule has 2 rings (SSSR count). The van der Waals surface area contributed by atoms with Gasteiger partial charge in [-0.2, -0.15) is 0 Å². The number of aliphatic hydroxyl groups excluding tert-OH is 1. The molecule has 10 heteroatoms. The molecule has 3 N–H and O–H groups in total. The number of para-hydroxylation sites is 2. The van der Waals surface area contributed by atoms with E-state index in [4.69, 9.17) is 4.74 Å². The zero-order chi connectivity index (χ0) is 18.4. The Balaban J connectivity index is 1.74. The highest BCUT2D eigenvalue weighted by Crippen LogP contribution is 2.24. The summed E-state index contributed by atoms with van der Waals surface area (Å²) < 4.78 is 37.2. The molecule has 140 valence electrons. The number of nitrogens with zero attached hydrogens (tertiary/aromatic N) is 1. The van der Waals surface area contributed by atoms with Crippen LogP contribution < -0.4 is 9.64 Å². The largest absolute Gasteiger partial charge is 0.748 e. The summed E-state index contributed by atoms with van der Waals surface area (Å²) in [6.45, 7) is 1.92. The molecule has 1 aromatic carbocycles. The first-order valence-corrected chi connectivity index (χ1v) is 9.46. The van der Waals surface area contributed by atoms with Gasteiger partial charge in [-0.25, -0.2) is 8.42 Å². The Kier molecular flexibility index (Phi) is 6.59. The minimum Gasteiger partial charge on any atom is -0.748 e. The Labute approximate surface area is 146 Å². The molecule has 1 fully saturated rings. The number of hydrogen-bond acceptors (Lipinski definition) is 7. The van der Waals surface area contributed by atoms with Gasteiger partial charge < -0.3 is 29.3 Å². The monoisotopic (exact) mass is 374 g/mol. The molecule has 0 aromatic heterocycles. The Morgan fingerprint density at radius 2 is 1.96 bits per heavy atom. The van der Waals surface area contributed by atoms with Gasteiger partial charge in [-0.3, -0.25) is 4.79 Å². The van der Waals surface area contributed by atoms with Crippen LogP contribution in [0.5, 0.6) is 11.5 Å². The Morgan fingerprint density at radius 3 is 2.56 bits per heavy atom. The molecule has 0 radical (unpaired) electrons. The second-order valence-corrected chi connectivity index (χ2v) is 7.42. The first-order chi connectivity index (χ1) is 11.7. The number of phenolic OH excluding ortho intramolecular Hbond substituents is 1. The number of benzene rings is 1. The lowest BCUT2D eigenvalue weighted by molar-refractivity contribution is -0.906. The maximum absolute atomic E-state index is 12.1. The van der Waals surface area contributed by atoms with E-state index in [1.807, 2.05) is 0 Å². The van der Waals surface area contributed by atoms with Crippen LogP contribution in [0.3, 0.4) is 0 Å².